The fourth-order valence-electron chi connectivity index (χ4n) is 9.02. The molecule has 0 radical (unpaired) electrons. The first-order valence-corrected chi connectivity index (χ1v) is 22.9. The van der Waals surface area contributed by atoms with Crippen molar-refractivity contribution in [2.24, 2.45) is 11.8 Å². The molecule has 2 unspecified atom stereocenters. The molecule has 0 bridgehead atoms. The number of halogens is 3. The summed E-state index contributed by atoms with van der Waals surface area (Å²) < 4.78 is 60.9. The summed E-state index contributed by atoms with van der Waals surface area (Å²) in [4.78, 5) is 86.6. The Hall–Kier alpha value is -7.23. The van der Waals surface area contributed by atoms with Crippen molar-refractivity contribution < 1.29 is 60.9 Å². The number of amides is 4. The van der Waals surface area contributed by atoms with Crippen LogP contribution in [0.2, 0.25) is 0 Å². The smallest absolute Gasteiger partial charge is 0.406 e. The number of Topliss-reactive ketones (excluding diaryl/α,β-unsaturated/α-hetero) is 2. The highest BCUT2D eigenvalue weighted by atomic mass is 19.4. The summed E-state index contributed by atoms with van der Waals surface area (Å²) in [7, 11) is 0. The van der Waals surface area contributed by atoms with Gasteiger partial charge >= 0.3 is 6.36 Å². The number of imide groups is 1. The molecule has 2 aromatic heterocycles. The van der Waals surface area contributed by atoms with Gasteiger partial charge in [0.05, 0.1) is 68.8 Å². The van der Waals surface area contributed by atoms with Crippen LogP contribution in [0.15, 0.2) is 73.2 Å². The molecule has 5 aromatic rings. The van der Waals surface area contributed by atoms with E-state index >= 15 is 0 Å². The molecule has 3 aliphatic rings. The number of piperidine rings is 1. The SMILES string of the molecule is Nc1ncnc2c1c(-c1ccc3c(c1)CCN3C(=O)Cc1cccc(OC(F)(F)F)c1)cn2CCCNC(=O)CCOCCOCCOCCNc1cccc2c1C(=O)C(C1CCC(=O)NC1=O)C2=O. The predicted molar refractivity (Wildman–Crippen MR) is 248 cm³/mol. The van der Waals surface area contributed by atoms with E-state index < -0.39 is 41.6 Å². The summed E-state index contributed by atoms with van der Waals surface area (Å²) in [6.07, 6.45) is -0.00789. The molecule has 1 saturated heterocycles. The number of nitrogens with zero attached hydrogens (tertiary/aromatic N) is 4. The minimum absolute atomic E-state index is 0.0800. The van der Waals surface area contributed by atoms with Crippen molar-refractivity contribution in [3.63, 3.8) is 0 Å². The zero-order valence-corrected chi connectivity index (χ0v) is 38.0. The maximum absolute atomic E-state index is 13.3. The number of carbonyl (C=O) groups excluding carboxylic acids is 6. The lowest BCUT2D eigenvalue weighted by Crippen LogP contribution is -2.46. The molecule has 21 heteroatoms. The molecule has 5 N–H and O–H groups in total. The minimum atomic E-state index is -4.84. The van der Waals surface area contributed by atoms with Crippen LogP contribution in [-0.2, 0) is 52.8 Å². The molecule has 4 amide bonds. The molecule has 368 valence electrons. The van der Waals surface area contributed by atoms with Gasteiger partial charge in [-0.25, -0.2) is 9.97 Å². The van der Waals surface area contributed by atoms with Crippen LogP contribution in [0.1, 0.15) is 57.5 Å². The number of aryl methyl sites for hydroxylation is 1. The number of nitrogens with one attached hydrogen (secondary N) is 3. The van der Waals surface area contributed by atoms with E-state index in [0.717, 1.165) is 22.4 Å². The Morgan fingerprint density at radius 1 is 0.857 bits per heavy atom. The second-order valence-corrected chi connectivity index (χ2v) is 16.9. The van der Waals surface area contributed by atoms with E-state index in [1.165, 1.54) is 24.5 Å². The number of fused-ring (bicyclic) bond motifs is 3. The first-order valence-electron chi connectivity index (χ1n) is 22.9. The topological polar surface area (TPSA) is 235 Å². The van der Waals surface area contributed by atoms with E-state index in [-0.39, 0.29) is 67.6 Å². The summed E-state index contributed by atoms with van der Waals surface area (Å²) in [5, 5.41) is 8.97. The van der Waals surface area contributed by atoms with Crippen molar-refractivity contribution in [3.05, 3.63) is 95.4 Å². The van der Waals surface area contributed by atoms with Crippen LogP contribution in [0.5, 0.6) is 5.75 Å². The van der Waals surface area contributed by atoms with Crippen LogP contribution < -0.4 is 31.3 Å². The maximum atomic E-state index is 13.3. The monoisotopic (exact) mass is 968 g/mol. The van der Waals surface area contributed by atoms with Gasteiger partial charge in [-0.1, -0.05) is 30.3 Å². The van der Waals surface area contributed by atoms with Gasteiger partial charge < -0.3 is 44.8 Å². The summed E-state index contributed by atoms with van der Waals surface area (Å²) in [5.74, 6) is -4.35. The average molecular weight is 969 g/mol. The fourth-order valence-corrected chi connectivity index (χ4v) is 9.02. The summed E-state index contributed by atoms with van der Waals surface area (Å²) >= 11 is 0. The van der Waals surface area contributed by atoms with Crippen LogP contribution >= 0.6 is 0 Å². The number of nitrogens with two attached hydrogens (primary N) is 1. The summed E-state index contributed by atoms with van der Waals surface area (Å²) in [6, 6.07) is 16.1. The molecular weight excluding hydrogens is 918 g/mol. The minimum Gasteiger partial charge on any atom is -0.406 e. The van der Waals surface area contributed by atoms with E-state index in [0.29, 0.717) is 93.6 Å². The Bertz CT molecular complexity index is 2800. The molecule has 3 aromatic carbocycles. The lowest BCUT2D eigenvalue weighted by molar-refractivity contribution is -0.274. The van der Waals surface area contributed by atoms with Crippen LogP contribution in [0.25, 0.3) is 22.2 Å². The van der Waals surface area contributed by atoms with Gasteiger partial charge in [0.2, 0.25) is 23.6 Å². The van der Waals surface area contributed by atoms with Gasteiger partial charge in [-0.05, 0) is 66.3 Å². The number of benzene rings is 3. The quantitative estimate of drug-likeness (QED) is 0.0414. The number of nitrogen functional groups attached to an aromatic ring is 1. The molecule has 0 saturated carbocycles. The van der Waals surface area contributed by atoms with Gasteiger partial charge in [-0.2, -0.15) is 0 Å². The molecule has 4 heterocycles. The van der Waals surface area contributed by atoms with Gasteiger partial charge in [-0.15, -0.1) is 13.2 Å². The third kappa shape index (κ3) is 11.6. The molecule has 1 fully saturated rings. The normalized spacial score (nSPS) is 16.6. The molecule has 2 aliphatic heterocycles. The third-order valence-corrected chi connectivity index (χ3v) is 12.3. The molecule has 0 spiro atoms. The second-order valence-electron chi connectivity index (χ2n) is 16.9. The van der Waals surface area contributed by atoms with Gasteiger partial charge in [-0.3, -0.25) is 34.1 Å². The highest BCUT2D eigenvalue weighted by Gasteiger charge is 2.48. The Morgan fingerprint density at radius 2 is 1.63 bits per heavy atom. The van der Waals surface area contributed by atoms with Gasteiger partial charge in [0.15, 0.2) is 11.6 Å². The number of aromatic nitrogens is 3. The number of hydrogen-bond acceptors (Lipinski definition) is 14. The van der Waals surface area contributed by atoms with Gasteiger partial charge in [0.1, 0.15) is 23.5 Å². The van der Waals surface area contributed by atoms with Crippen molar-refractivity contribution >= 4 is 63.4 Å². The first-order chi connectivity index (χ1) is 33.8. The highest BCUT2D eigenvalue weighted by molar-refractivity contribution is 6.30. The second kappa shape index (κ2) is 22.0. The molecular formula is C49H51F3N8O10. The first kappa shape index (κ1) is 49.2. The maximum Gasteiger partial charge on any atom is 0.573 e. The van der Waals surface area contributed by atoms with E-state index in [4.69, 9.17) is 19.9 Å². The van der Waals surface area contributed by atoms with Gasteiger partial charge in [0, 0.05) is 67.7 Å². The van der Waals surface area contributed by atoms with Crippen LogP contribution in [0.3, 0.4) is 0 Å². The largest absolute Gasteiger partial charge is 0.573 e. The van der Waals surface area contributed by atoms with Crippen molar-refractivity contribution in [1.82, 2.24) is 25.2 Å². The van der Waals surface area contributed by atoms with Crippen molar-refractivity contribution in [2.45, 2.75) is 51.4 Å². The Balaban J connectivity index is 0.705. The molecule has 18 nitrogen and oxygen atoms in total. The molecule has 70 heavy (non-hydrogen) atoms. The van der Waals surface area contributed by atoms with Crippen molar-refractivity contribution in [2.75, 3.05) is 75.2 Å². The predicted octanol–water partition coefficient (Wildman–Crippen LogP) is 4.82. The number of hydrogen-bond donors (Lipinski definition) is 4. The third-order valence-electron chi connectivity index (χ3n) is 12.3. The highest BCUT2D eigenvalue weighted by Crippen LogP contribution is 2.40. The molecule has 2 atom stereocenters. The average Bonchev–Trinajstić information content (AvgIpc) is 4.00. The van der Waals surface area contributed by atoms with E-state index in [1.54, 1.807) is 29.2 Å². The van der Waals surface area contributed by atoms with Crippen LogP contribution in [-0.4, -0.2) is 115 Å². The zero-order chi connectivity index (χ0) is 49.4. The fraction of sp³-hybridized carbons (Fsp3) is 0.388. The number of anilines is 3. The van der Waals surface area contributed by atoms with E-state index in [1.807, 2.05) is 29.0 Å². The standard InChI is InChI=1S/C49H51F3N8O10/c50-49(51,52)70-32-5-1-4-29(24-32)25-40(63)60-17-12-31-26-30(8-10-37(31)60)35-27-59(47-43(35)46(53)56-28-57-47)16-3-14-55-38(61)13-18-67-20-22-69-23-21-68-19-15-54-36-7-2-6-33-41(36)45(65)42(44(33)64)34-9-11-39(62)58-48(34)66/h1-2,4-8,10,24,26-28,34,42,54H,3,9,11-23,25H2,(H,55,61)(H2,53,56,57)(H,58,62,66). The molecule has 8 rings (SSSR count). The number of ether oxygens (including phenoxy) is 4. The number of alkyl halides is 3. The number of ketones is 2. The lowest BCUT2D eigenvalue weighted by atomic mass is 9.82. The van der Waals surface area contributed by atoms with Crippen molar-refractivity contribution in [3.8, 4) is 16.9 Å². The van der Waals surface area contributed by atoms with Crippen LogP contribution in [0, 0.1) is 11.8 Å². The Morgan fingerprint density at radius 3 is 2.41 bits per heavy atom. The van der Waals surface area contributed by atoms with Gasteiger partial charge in [0.25, 0.3) is 0 Å². The Kier molecular flexibility index (Phi) is 15.5. The summed E-state index contributed by atoms with van der Waals surface area (Å²) in [5.41, 5.74) is 11.7. The number of carbonyl (C=O) groups is 6. The van der Waals surface area contributed by atoms with Crippen LogP contribution in [0.4, 0.5) is 30.4 Å². The zero-order valence-electron chi connectivity index (χ0n) is 38.0. The summed E-state index contributed by atoms with van der Waals surface area (Å²) in [6.45, 7) is 3.43. The van der Waals surface area contributed by atoms with E-state index in [2.05, 4.69) is 30.7 Å². The van der Waals surface area contributed by atoms with E-state index in [9.17, 15) is 41.9 Å². The number of rotatable bonds is 22. The molecule has 1 aliphatic carbocycles. The lowest BCUT2D eigenvalue weighted by Gasteiger charge is -2.24. The Labute approximate surface area is 399 Å². The van der Waals surface area contributed by atoms with Crippen molar-refractivity contribution in [1.29, 1.82) is 0 Å².